The molecule has 2 aromatic rings. The van der Waals surface area contributed by atoms with Crippen LogP contribution in [0.15, 0.2) is 42.6 Å². The van der Waals surface area contributed by atoms with Crippen LogP contribution in [0.4, 0.5) is 17.2 Å². The van der Waals surface area contributed by atoms with Crippen molar-refractivity contribution < 1.29 is 18.6 Å². The summed E-state index contributed by atoms with van der Waals surface area (Å²) in [5.74, 6) is 0.767. The first-order valence-electron chi connectivity index (χ1n) is 5.90. The van der Waals surface area contributed by atoms with Crippen LogP contribution in [0.1, 0.15) is 13.3 Å². The first-order chi connectivity index (χ1) is 8.70. The molecule has 2 N–H and O–H groups in total. The molecule has 1 aromatic carbocycles. The molecule has 0 aliphatic rings. The van der Waals surface area contributed by atoms with Crippen LogP contribution in [0.2, 0.25) is 0 Å². The molecule has 4 heteroatoms. The van der Waals surface area contributed by atoms with Crippen molar-refractivity contribution in [2.24, 2.45) is 0 Å². The molecule has 1 heterocycles. The Kier molecular flexibility index (Phi) is 8.76. The number of anilines is 3. The summed E-state index contributed by atoms with van der Waals surface area (Å²) in [6, 6.07) is 14.3. The molecule has 99 valence electrons. The topological polar surface area (TPSA) is 42.2 Å². The molecule has 19 heavy (non-hydrogen) atoms. The Morgan fingerprint density at radius 2 is 1.89 bits per heavy atom. The number of rotatable bonds is 2. The SMILES string of the molecule is CN(c1cc[c-]cc1)c1ncccc1N.[CH2-]CC.[V+2]. The van der Waals surface area contributed by atoms with Crippen LogP contribution in [0.3, 0.4) is 0 Å². The third kappa shape index (κ3) is 5.37. The fraction of sp³-hybridized carbons (Fsp3) is 0.200. The standard InChI is InChI=1S/C12H12N3.C3H7.V/c1-15(10-6-3-2-4-7-10)12-11(13)8-5-9-14-12;1-3-2;/h3-9H,13H2,1H3;1,3H2,2H3;/q2*-1;+2. The van der Waals surface area contributed by atoms with Gasteiger partial charge in [0.25, 0.3) is 0 Å². The van der Waals surface area contributed by atoms with Gasteiger partial charge in [-0.1, -0.05) is 12.6 Å². The van der Waals surface area contributed by atoms with Crippen LogP contribution in [-0.2, 0) is 18.6 Å². The molecule has 3 nitrogen and oxygen atoms in total. The van der Waals surface area contributed by atoms with Crippen LogP contribution in [0, 0.1) is 13.0 Å². The minimum absolute atomic E-state index is 0. The number of hydrogen-bond donors (Lipinski definition) is 1. The summed E-state index contributed by atoms with van der Waals surface area (Å²) in [5.41, 5.74) is 7.56. The van der Waals surface area contributed by atoms with Gasteiger partial charge in [-0.25, -0.2) is 4.98 Å². The number of nitrogens with two attached hydrogens (primary N) is 1. The summed E-state index contributed by atoms with van der Waals surface area (Å²) in [5, 5.41) is 0. The third-order valence-electron chi connectivity index (χ3n) is 2.22. The normalized spacial score (nSPS) is 8.79. The molecular weight excluding hydrogens is 273 g/mol. The van der Waals surface area contributed by atoms with Crippen molar-refractivity contribution >= 4 is 17.2 Å². The first-order valence-corrected chi connectivity index (χ1v) is 5.90. The molecule has 0 saturated carbocycles. The molecule has 2 rings (SSSR count). The zero-order chi connectivity index (χ0) is 13.4. The summed E-state index contributed by atoms with van der Waals surface area (Å²) in [7, 11) is 1.94. The predicted molar refractivity (Wildman–Crippen MR) is 77.6 cm³/mol. The van der Waals surface area contributed by atoms with Crippen molar-refractivity contribution in [1.82, 2.24) is 4.98 Å². The van der Waals surface area contributed by atoms with Gasteiger partial charge in [-0.15, -0.1) is 12.1 Å². The van der Waals surface area contributed by atoms with E-state index >= 15 is 0 Å². The zero-order valence-corrected chi connectivity index (χ0v) is 12.8. The molecule has 0 spiro atoms. The van der Waals surface area contributed by atoms with Gasteiger partial charge >= 0.3 is 18.6 Å². The summed E-state index contributed by atoms with van der Waals surface area (Å²) < 4.78 is 0. The van der Waals surface area contributed by atoms with Crippen LogP contribution in [-0.4, -0.2) is 12.0 Å². The number of nitrogen functional groups attached to an aromatic ring is 1. The molecule has 0 amide bonds. The van der Waals surface area contributed by atoms with E-state index < -0.39 is 0 Å². The minimum atomic E-state index is 0. The third-order valence-corrected chi connectivity index (χ3v) is 2.22. The smallest absolute Gasteiger partial charge is 0.396 e. The monoisotopic (exact) mass is 292 g/mol. The first kappa shape index (κ1) is 17.6. The maximum atomic E-state index is 5.85. The van der Waals surface area contributed by atoms with Crippen molar-refractivity contribution in [1.29, 1.82) is 0 Å². The molecular formula is C15H19N3V. The summed E-state index contributed by atoms with van der Waals surface area (Å²) >= 11 is 0. The Bertz CT molecular complexity index is 460. The van der Waals surface area contributed by atoms with Gasteiger partial charge in [-0.05, 0) is 12.1 Å². The largest absolute Gasteiger partial charge is 2.00 e. The second-order valence-electron chi connectivity index (χ2n) is 3.73. The van der Waals surface area contributed by atoms with Crippen LogP contribution >= 0.6 is 0 Å². The molecule has 0 aliphatic heterocycles. The van der Waals surface area contributed by atoms with Crippen molar-refractivity contribution in [3.8, 4) is 0 Å². The van der Waals surface area contributed by atoms with Gasteiger partial charge in [0.1, 0.15) is 0 Å². The van der Waals surface area contributed by atoms with Gasteiger partial charge < -0.3 is 17.6 Å². The number of nitrogens with zero attached hydrogens (tertiary/aromatic N) is 2. The number of aromatic nitrogens is 1. The molecule has 0 fully saturated rings. The quantitative estimate of drug-likeness (QED) is 0.862. The van der Waals surface area contributed by atoms with Crippen LogP contribution in [0.25, 0.3) is 0 Å². The predicted octanol–water partition coefficient (Wildman–Crippen LogP) is 3.46. The second-order valence-corrected chi connectivity index (χ2v) is 3.73. The van der Waals surface area contributed by atoms with Crippen molar-refractivity contribution in [2.75, 3.05) is 17.7 Å². The van der Waals surface area contributed by atoms with Gasteiger partial charge in [0.15, 0.2) is 5.82 Å². The van der Waals surface area contributed by atoms with Crippen LogP contribution in [0.5, 0.6) is 0 Å². The molecule has 0 atom stereocenters. The van der Waals surface area contributed by atoms with E-state index in [1.807, 2.05) is 55.3 Å². The number of benzene rings is 1. The summed E-state index contributed by atoms with van der Waals surface area (Å²) in [4.78, 5) is 6.19. The molecule has 1 aromatic heterocycles. The average molecular weight is 292 g/mol. The maximum Gasteiger partial charge on any atom is 2.00 e. The minimum Gasteiger partial charge on any atom is -0.396 e. The molecule has 0 unspecified atom stereocenters. The van der Waals surface area contributed by atoms with E-state index in [1.54, 1.807) is 6.20 Å². The second kappa shape index (κ2) is 9.48. The van der Waals surface area contributed by atoms with Crippen molar-refractivity contribution in [2.45, 2.75) is 13.3 Å². The van der Waals surface area contributed by atoms with Gasteiger partial charge in [-0.2, -0.15) is 24.6 Å². The Labute approximate surface area is 127 Å². The number of pyridine rings is 1. The maximum absolute atomic E-state index is 5.85. The summed E-state index contributed by atoms with van der Waals surface area (Å²) in [6.07, 6.45) is 2.73. The van der Waals surface area contributed by atoms with Crippen molar-refractivity contribution in [3.05, 3.63) is 55.6 Å². The van der Waals surface area contributed by atoms with Gasteiger partial charge in [-0.3, -0.25) is 0 Å². The molecule has 1 radical (unpaired) electrons. The summed E-state index contributed by atoms with van der Waals surface area (Å²) in [6.45, 7) is 5.50. The Balaban J connectivity index is 0.000000742. The van der Waals surface area contributed by atoms with Crippen LogP contribution < -0.4 is 10.6 Å². The van der Waals surface area contributed by atoms with Gasteiger partial charge in [0.2, 0.25) is 0 Å². The fourth-order valence-electron chi connectivity index (χ4n) is 1.41. The van der Waals surface area contributed by atoms with E-state index in [0.29, 0.717) is 5.69 Å². The fourth-order valence-corrected chi connectivity index (χ4v) is 1.41. The van der Waals surface area contributed by atoms with Gasteiger partial charge in [0, 0.05) is 13.2 Å². The molecule has 0 saturated heterocycles. The average Bonchev–Trinajstić information content (AvgIpc) is 2.40. The van der Waals surface area contributed by atoms with E-state index in [1.165, 1.54) is 0 Å². The van der Waals surface area contributed by atoms with Gasteiger partial charge in [0.05, 0.1) is 5.69 Å². The van der Waals surface area contributed by atoms with Crippen molar-refractivity contribution in [3.63, 3.8) is 0 Å². The Morgan fingerprint density at radius 1 is 1.32 bits per heavy atom. The van der Waals surface area contributed by atoms with E-state index in [0.717, 1.165) is 17.9 Å². The molecule has 0 bridgehead atoms. The number of hydrogen-bond acceptors (Lipinski definition) is 3. The van der Waals surface area contributed by atoms with E-state index in [2.05, 4.69) is 18.0 Å². The molecule has 0 aliphatic carbocycles. The zero-order valence-electron chi connectivity index (χ0n) is 11.4. The van der Waals surface area contributed by atoms with E-state index in [9.17, 15) is 0 Å². The Morgan fingerprint density at radius 3 is 2.42 bits per heavy atom. The van der Waals surface area contributed by atoms with E-state index in [-0.39, 0.29) is 18.6 Å². The Hall–Kier alpha value is -1.45. The van der Waals surface area contributed by atoms with E-state index in [4.69, 9.17) is 5.73 Å².